The van der Waals surface area contributed by atoms with Crippen LogP contribution in [0.2, 0.25) is 15.1 Å². The Bertz CT molecular complexity index is 1640. The standard InChI is InChI=1S/C30H26Cl3N7O/c31-21-6-4-19(5-7-21)14-20-17-35-30(37-28(20)34)36-27-25-16-23(33)8-9-26(25)40(29(27)41)18-38-10-12-39(13-11-38)24-3-1-2-22(32)15-24/h1-9,15-17H,10-14,18H2,(H2,34,35,37)/b36-27+. The van der Waals surface area contributed by atoms with Gasteiger partial charge in [0.15, 0.2) is 0 Å². The lowest BCUT2D eigenvalue weighted by Gasteiger charge is -2.37. The number of aliphatic imine (C=N–C) groups is 1. The molecule has 208 valence electrons. The maximum atomic E-state index is 13.7. The van der Waals surface area contributed by atoms with E-state index in [1.165, 1.54) is 0 Å². The summed E-state index contributed by atoms with van der Waals surface area (Å²) in [5.74, 6) is 0.195. The minimum absolute atomic E-state index is 0.119. The highest BCUT2D eigenvalue weighted by Crippen LogP contribution is 2.33. The number of amides is 1. The Morgan fingerprint density at radius 2 is 1.61 bits per heavy atom. The number of fused-ring (bicyclic) bond motifs is 1. The van der Waals surface area contributed by atoms with Crippen LogP contribution < -0.4 is 15.5 Å². The Balaban J connectivity index is 1.20. The fraction of sp³-hybridized carbons (Fsp3) is 0.200. The quantitative estimate of drug-likeness (QED) is 0.296. The number of rotatable bonds is 6. The Labute approximate surface area is 253 Å². The molecule has 2 aliphatic heterocycles. The lowest BCUT2D eigenvalue weighted by atomic mass is 10.1. The number of nitrogens with zero attached hydrogens (tertiary/aromatic N) is 6. The first-order valence-electron chi connectivity index (χ1n) is 13.1. The molecule has 0 saturated carbocycles. The molecule has 1 aromatic heterocycles. The zero-order valence-corrected chi connectivity index (χ0v) is 24.2. The smallest absolute Gasteiger partial charge is 0.278 e. The molecule has 2 aliphatic rings. The van der Waals surface area contributed by atoms with Gasteiger partial charge in [0.2, 0.25) is 0 Å². The van der Waals surface area contributed by atoms with Gasteiger partial charge in [-0.25, -0.2) is 9.98 Å². The van der Waals surface area contributed by atoms with Gasteiger partial charge < -0.3 is 10.6 Å². The number of carbonyl (C=O) groups excluding carboxylic acids is 1. The molecule has 0 radical (unpaired) electrons. The molecule has 1 fully saturated rings. The van der Waals surface area contributed by atoms with Gasteiger partial charge in [-0.15, -0.1) is 0 Å². The Hall–Kier alpha value is -3.69. The zero-order chi connectivity index (χ0) is 28.5. The molecule has 6 rings (SSSR count). The van der Waals surface area contributed by atoms with Crippen LogP contribution in [0.5, 0.6) is 0 Å². The van der Waals surface area contributed by atoms with Crippen molar-refractivity contribution in [1.29, 1.82) is 0 Å². The van der Waals surface area contributed by atoms with Crippen molar-refractivity contribution in [2.45, 2.75) is 6.42 Å². The lowest BCUT2D eigenvalue weighted by molar-refractivity contribution is -0.112. The van der Waals surface area contributed by atoms with Crippen LogP contribution >= 0.6 is 34.8 Å². The van der Waals surface area contributed by atoms with Gasteiger partial charge >= 0.3 is 0 Å². The highest BCUT2D eigenvalue weighted by molar-refractivity contribution is 6.55. The molecule has 8 nitrogen and oxygen atoms in total. The van der Waals surface area contributed by atoms with E-state index < -0.39 is 0 Å². The summed E-state index contributed by atoms with van der Waals surface area (Å²) in [4.78, 5) is 33.3. The predicted octanol–water partition coefficient (Wildman–Crippen LogP) is 5.86. The van der Waals surface area contributed by atoms with Gasteiger partial charge in [-0.2, -0.15) is 4.98 Å². The third-order valence-corrected chi connectivity index (χ3v) is 7.97. The van der Waals surface area contributed by atoms with Crippen molar-refractivity contribution in [3.63, 3.8) is 0 Å². The van der Waals surface area contributed by atoms with Crippen LogP contribution in [0.4, 0.5) is 23.1 Å². The summed E-state index contributed by atoms with van der Waals surface area (Å²) >= 11 is 18.5. The number of aromatic nitrogens is 2. The van der Waals surface area contributed by atoms with Crippen molar-refractivity contribution in [2.75, 3.05) is 48.4 Å². The molecule has 0 atom stereocenters. The summed E-state index contributed by atoms with van der Waals surface area (Å²) in [5, 5.41) is 1.90. The van der Waals surface area contributed by atoms with Gasteiger partial charge in [-0.1, -0.05) is 53.0 Å². The van der Waals surface area contributed by atoms with Gasteiger partial charge in [-0.05, 0) is 54.1 Å². The van der Waals surface area contributed by atoms with Crippen LogP contribution in [0.1, 0.15) is 16.7 Å². The number of nitrogen functional groups attached to an aromatic ring is 1. The number of anilines is 3. The molecule has 4 aromatic rings. The van der Waals surface area contributed by atoms with Crippen molar-refractivity contribution in [2.24, 2.45) is 4.99 Å². The fourth-order valence-electron chi connectivity index (χ4n) is 5.08. The van der Waals surface area contributed by atoms with Gasteiger partial charge in [-0.3, -0.25) is 14.6 Å². The average molecular weight is 607 g/mol. The third-order valence-electron chi connectivity index (χ3n) is 7.24. The third kappa shape index (κ3) is 6.01. The van der Waals surface area contributed by atoms with Gasteiger partial charge in [0.05, 0.1) is 12.4 Å². The fourth-order valence-corrected chi connectivity index (χ4v) is 5.56. The second-order valence-corrected chi connectivity index (χ2v) is 11.3. The number of piperazine rings is 1. The second-order valence-electron chi connectivity index (χ2n) is 9.97. The van der Waals surface area contributed by atoms with E-state index in [1.807, 2.05) is 48.5 Å². The van der Waals surface area contributed by atoms with E-state index in [9.17, 15) is 4.79 Å². The van der Waals surface area contributed by atoms with E-state index in [0.717, 1.165) is 53.7 Å². The van der Waals surface area contributed by atoms with Crippen LogP contribution in [0.25, 0.3) is 0 Å². The topological polar surface area (TPSA) is 90.9 Å². The van der Waals surface area contributed by atoms with E-state index >= 15 is 0 Å². The van der Waals surface area contributed by atoms with Crippen molar-refractivity contribution >= 4 is 69.6 Å². The van der Waals surface area contributed by atoms with Gasteiger partial charge in [0.1, 0.15) is 11.5 Å². The first-order valence-corrected chi connectivity index (χ1v) is 14.3. The summed E-state index contributed by atoms with van der Waals surface area (Å²) in [6.07, 6.45) is 2.20. The van der Waals surface area contributed by atoms with Crippen molar-refractivity contribution in [1.82, 2.24) is 14.9 Å². The monoisotopic (exact) mass is 605 g/mol. The van der Waals surface area contributed by atoms with E-state index in [1.54, 1.807) is 23.2 Å². The molecule has 0 aliphatic carbocycles. The maximum absolute atomic E-state index is 13.7. The molecule has 0 spiro atoms. The first kappa shape index (κ1) is 27.5. The van der Waals surface area contributed by atoms with Crippen LogP contribution in [0.15, 0.2) is 77.9 Å². The minimum atomic E-state index is -0.230. The molecule has 11 heteroatoms. The molecule has 0 bridgehead atoms. The van der Waals surface area contributed by atoms with Crippen LogP contribution in [-0.2, 0) is 11.2 Å². The molecule has 1 amide bonds. The molecule has 3 heterocycles. The molecule has 0 unspecified atom stereocenters. The lowest BCUT2D eigenvalue weighted by Crippen LogP contribution is -2.51. The molecule has 2 N–H and O–H groups in total. The van der Waals surface area contributed by atoms with E-state index in [0.29, 0.717) is 34.5 Å². The maximum Gasteiger partial charge on any atom is 0.278 e. The largest absolute Gasteiger partial charge is 0.383 e. The Kier molecular flexibility index (Phi) is 7.81. The summed E-state index contributed by atoms with van der Waals surface area (Å²) in [6.45, 7) is 3.66. The molecule has 1 saturated heterocycles. The number of hydrogen-bond acceptors (Lipinski definition) is 7. The Morgan fingerprint density at radius 3 is 2.34 bits per heavy atom. The zero-order valence-electron chi connectivity index (χ0n) is 22.0. The van der Waals surface area contributed by atoms with Gasteiger partial charge in [0.25, 0.3) is 11.9 Å². The van der Waals surface area contributed by atoms with Crippen LogP contribution in [0.3, 0.4) is 0 Å². The SMILES string of the molecule is Nc1nc(/N=C2/C(=O)N(CN3CCN(c4cccc(Cl)c4)CC3)c3ccc(Cl)cc32)ncc1Cc1ccc(Cl)cc1. The van der Waals surface area contributed by atoms with Crippen LogP contribution in [-0.4, -0.2) is 59.3 Å². The normalized spacial score (nSPS) is 16.5. The molecule has 41 heavy (non-hydrogen) atoms. The number of halogens is 3. The van der Waals surface area contributed by atoms with E-state index in [4.69, 9.17) is 40.5 Å². The number of nitrogens with two attached hydrogens (primary N) is 1. The molecule has 3 aromatic carbocycles. The van der Waals surface area contributed by atoms with E-state index in [2.05, 4.69) is 30.8 Å². The van der Waals surface area contributed by atoms with Crippen molar-refractivity contribution < 1.29 is 4.79 Å². The van der Waals surface area contributed by atoms with E-state index in [-0.39, 0.29) is 17.6 Å². The first-order chi connectivity index (χ1) is 19.8. The second kappa shape index (κ2) is 11.7. The van der Waals surface area contributed by atoms with Crippen LogP contribution in [0, 0.1) is 0 Å². The average Bonchev–Trinajstić information content (AvgIpc) is 3.21. The van der Waals surface area contributed by atoms with Crippen molar-refractivity contribution in [3.8, 4) is 0 Å². The highest BCUT2D eigenvalue weighted by atomic mass is 35.5. The Morgan fingerprint density at radius 1 is 0.878 bits per heavy atom. The number of carbonyl (C=O) groups is 1. The highest BCUT2D eigenvalue weighted by Gasteiger charge is 2.36. The number of benzene rings is 3. The predicted molar refractivity (Wildman–Crippen MR) is 166 cm³/mol. The summed E-state index contributed by atoms with van der Waals surface area (Å²) in [5.41, 5.74) is 10.8. The summed E-state index contributed by atoms with van der Waals surface area (Å²) < 4.78 is 0. The summed E-state index contributed by atoms with van der Waals surface area (Å²) in [7, 11) is 0. The van der Waals surface area contributed by atoms with Crippen molar-refractivity contribution in [3.05, 3.63) is 105 Å². The number of hydrogen-bond donors (Lipinski definition) is 1. The molecular formula is C30H26Cl3N7O. The van der Waals surface area contributed by atoms with Gasteiger partial charge in [0, 0.05) is 70.7 Å². The summed E-state index contributed by atoms with van der Waals surface area (Å²) in [6, 6.07) is 20.8. The molecular weight excluding hydrogens is 581 g/mol. The minimum Gasteiger partial charge on any atom is -0.383 e.